The van der Waals surface area contributed by atoms with Gasteiger partial charge in [-0.15, -0.1) is 0 Å². The third-order valence-electron chi connectivity index (χ3n) is 6.28. The number of rotatable bonds is 8. The first-order valence-corrected chi connectivity index (χ1v) is 12.3. The minimum Gasteiger partial charge on any atom is -0.495 e. The minimum absolute atomic E-state index is 0.0382. The average molecular weight is 453 g/mol. The normalized spacial score (nSPS) is 24.8. The molecule has 0 heterocycles. The number of hydrogen-bond donors (Lipinski definition) is 2. The SMILES string of the molecule is COc1ccc(C(=O)O[C@H](C)C(=O)N[C@@H]2CCC[C@@H](C)[C@H]2C)cc1S(=O)(=O)NC1CC1. The van der Waals surface area contributed by atoms with Crippen LogP contribution in [0.15, 0.2) is 23.1 Å². The Morgan fingerprint density at radius 2 is 1.84 bits per heavy atom. The van der Waals surface area contributed by atoms with Gasteiger partial charge in [-0.25, -0.2) is 17.9 Å². The zero-order valence-corrected chi connectivity index (χ0v) is 19.3. The highest BCUT2D eigenvalue weighted by Crippen LogP contribution is 2.30. The van der Waals surface area contributed by atoms with Crippen LogP contribution in [0.1, 0.15) is 63.2 Å². The Balaban J connectivity index is 1.68. The third kappa shape index (κ3) is 5.77. The van der Waals surface area contributed by atoms with Crippen LogP contribution >= 0.6 is 0 Å². The highest BCUT2D eigenvalue weighted by atomic mass is 32.2. The van der Waals surface area contributed by atoms with Gasteiger partial charge in [-0.3, -0.25) is 4.79 Å². The lowest BCUT2D eigenvalue weighted by atomic mass is 9.78. The van der Waals surface area contributed by atoms with Crippen LogP contribution in [0.25, 0.3) is 0 Å². The van der Waals surface area contributed by atoms with Gasteiger partial charge in [-0.1, -0.05) is 26.7 Å². The summed E-state index contributed by atoms with van der Waals surface area (Å²) >= 11 is 0. The van der Waals surface area contributed by atoms with Crippen molar-refractivity contribution in [2.24, 2.45) is 11.8 Å². The van der Waals surface area contributed by atoms with Gasteiger partial charge in [0, 0.05) is 12.1 Å². The van der Waals surface area contributed by atoms with Gasteiger partial charge in [0.05, 0.1) is 12.7 Å². The lowest BCUT2D eigenvalue weighted by Crippen LogP contribution is -2.47. The number of benzene rings is 1. The Bertz CT molecular complexity index is 928. The Morgan fingerprint density at radius 1 is 1.13 bits per heavy atom. The molecule has 0 saturated heterocycles. The van der Waals surface area contributed by atoms with E-state index in [1.165, 1.54) is 32.2 Å². The van der Waals surface area contributed by atoms with Gasteiger partial charge in [-0.05, 0) is 56.2 Å². The Hall–Kier alpha value is -2.13. The molecule has 3 rings (SSSR count). The second kappa shape index (κ2) is 9.56. The lowest BCUT2D eigenvalue weighted by Gasteiger charge is -2.35. The monoisotopic (exact) mass is 452 g/mol. The molecule has 2 N–H and O–H groups in total. The zero-order valence-electron chi connectivity index (χ0n) is 18.5. The van der Waals surface area contributed by atoms with Crippen LogP contribution in [-0.4, -0.2) is 45.6 Å². The molecule has 2 fully saturated rings. The summed E-state index contributed by atoms with van der Waals surface area (Å²) in [4.78, 5) is 25.1. The first kappa shape index (κ1) is 23.5. The maximum absolute atomic E-state index is 12.6. The lowest BCUT2D eigenvalue weighted by molar-refractivity contribution is -0.130. The minimum atomic E-state index is -3.83. The van der Waals surface area contributed by atoms with Crippen molar-refractivity contribution in [1.29, 1.82) is 0 Å². The van der Waals surface area contributed by atoms with Crippen molar-refractivity contribution < 1.29 is 27.5 Å². The van der Waals surface area contributed by atoms with Gasteiger partial charge in [0.1, 0.15) is 10.6 Å². The number of carbonyl (C=O) groups is 2. The summed E-state index contributed by atoms with van der Waals surface area (Å²) in [5, 5.41) is 3.00. The summed E-state index contributed by atoms with van der Waals surface area (Å²) in [7, 11) is -2.47. The van der Waals surface area contributed by atoms with E-state index in [1.54, 1.807) is 0 Å². The molecule has 0 aromatic heterocycles. The van der Waals surface area contributed by atoms with E-state index in [-0.39, 0.29) is 34.2 Å². The molecule has 8 nitrogen and oxygen atoms in total. The van der Waals surface area contributed by atoms with Crippen LogP contribution in [0.4, 0.5) is 0 Å². The molecule has 2 aliphatic rings. The van der Waals surface area contributed by atoms with E-state index in [9.17, 15) is 18.0 Å². The fourth-order valence-electron chi connectivity index (χ4n) is 3.87. The van der Waals surface area contributed by atoms with Crippen LogP contribution in [0.2, 0.25) is 0 Å². The number of ether oxygens (including phenoxy) is 2. The van der Waals surface area contributed by atoms with Crippen molar-refractivity contribution in [3.8, 4) is 5.75 Å². The molecule has 172 valence electrons. The Morgan fingerprint density at radius 3 is 2.48 bits per heavy atom. The van der Waals surface area contributed by atoms with Crippen LogP contribution in [0.5, 0.6) is 5.75 Å². The average Bonchev–Trinajstić information content (AvgIpc) is 3.54. The number of methoxy groups -OCH3 is 1. The molecule has 1 aromatic rings. The predicted molar refractivity (Wildman–Crippen MR) is 115 cm³/mol. The van der Waals surface area contributed by atoms with Gasteiger partial charge in [-0.2, -0.15) is 0 Å². The van der Waals surface area contributed by atoms with Gasteiger partial charge >= 0.3 is 5.97 Å². The molecule has 2 aliphatic carbocycles. The van der Waals surface area contributed by atoms with Crippen LogP contribution in [0.3, 0.4) is 0 Å². The first-order valence-electron chi connectivity index (χ1n) is 10.8. The molecule has 4 atom stereocenters. The number of amides is 1. The van der Waals surface area contributed by atoms with Crippen molar-refractivity contribution in [3.63, 3.8) is 0 Å². The van der Waals surface area contributed by atoms with Crippen molar-refractivity contribution in [2.75, 3.05) is 7.11 Å². The van der Waals surface area contributed by atoms with Crippen molar-refractivity contribution in [3.05, 3.63) is 23.8 Å². The van der Waals surface area contributed by atoms with Gasteiger partial charge in [0.15, 0.2) is 6.10 Å². The van der Waals surface area contributed by atoms with Crippen molar-refractivity contribution >= 4 is 21.9 Å². The number of sulfonamides is 1. The van der Waals surface area contributed by atoms with Gasteiger partial charge in [0.25, 0.3) is 5.91 Å². The Kier molecular flexibility index (Phi) is 7.26. The maximum atomic E-state index is 12.6. The molecule has 9 heteroatoms. The van der Waals surface area contributed by atoms with E-state index in [0.29, 0.717) is 11.8 Å². The molecular formula is C22H32N2O6S. The molecule has 0 radical (unpaired) electrons. The van der Waals surface area contributed by atoms with E-state index in [2.05, 4.69) is 23.9 Å². The maximum Gasteiger partial charge on any atom is 0.338 e. The summed E-state index contributed by atoms with van der Waals surface area (Å²) in [5.74, 6) is -0.0973. The fraction of sp³-hybridized carbons (Fsp3) is 0.636. The molecule has 2 saturated carbocycles. The van der Waals surface area contributed by atoms with E-state index < -0.39 is 22.1 Å². The summed E-state index contributed by atoms with van der Waals surface area (Å²) in [5.41, 5.74) is 0.0382. The van der Waals surface area contributed by atoms with Crippen LogP contribution in [-0.2, 0) is 19.6 Å². The quantitative estimate of drug-likeness (QED) is 0.587. The van der Waals surface area contributed by atoms with E-state index in [1.807, 2.05) is 0 Å². The second-order valence-corrected chi connectivity index (χ2v) is 10.4. The second-order valence-electron chi connectivity index (χ2n) is 8.69. The summed E-state index contributed by atoms with van der Waals surface area (Å²) < 4.78 is 38.3. The van der Waals surface area contributed by atoms with Crippen LogP contribution in [0, 0.1) is 11.8 Å². The Labute approximate surface area is 184 Å². The largest absolute Gasteiger partial charge is 0.495 e. The predicted octanol–water partition coefficient (Wildman–Crippen LogP) is 2.62. The fourth-order valence-corrected chi connectivity index (χ4v) is 5.37. The summed E-state index contributed by atoms with van der Waals surface area (Å²) in [6.07, 6.45) is 3.69. The molecule has 1 aromatic carbocycles. The van der Waals surface area contributed by atoms with E-state index >= 15 is 0 Å². The molecule has 0 unspecified atom stereocenters. The summed E-state index contributed by atoms with van der Waals surface area (Å²) in [6, 6.07) is 4.03. The number of esters is 1. The molecule has 1 amide bonds. The van der Waals surface area contributed by atoms with Crippen molar-refractivity contribution in [1.82, 2.24) is 10.0 Å². The molecule has 0 spiro atoms. The van der Waals surface area contributed by atoms with Gasteiger partial charge in [0.2, 0.25) is 10.0 Å². The molecular weight excluding hydrogens is 420 g/mol. The smallest absolute Gasteiger partial charge is 0.338 e. The molecule has 31 heavy (non-hydrogen) atoms. The highest BCUT2D eigenvalue weighted by Gasteiger charge is 2.32. The first-order chi connectivity index (χ1) is 14.6. The van der Waals surface area contributed by atoms with Crippen molar-refractivity contribution in [2.45, 2.75) is 76.0 Å². The summed E-state index contributed by atoms with van der Waals surface area (Å²) in [6.45, 7) is 5.82. The third-order valence-corrected chi connectivity index (χ3v) is 7.82. The molecule has 0 bridgehead atoms. The highest BCUT2D eigenvalue weighted by molar-refractivity contribution is 7.89. The number of carbonyl (C=O) groups excluding carboxylic acids is 2. The number of hydrogen-bond acceptors (Lipinski definition) is 6. The molecule has 0 aliphatic heterocycles. The standard InChI is InChI=1S/C22H32N2O6S/c1-13-6-5-7-18(14(13)2)23-21(25)15(3)30-22(26)16-8-11-19(29-4)20(12-16)31(27,28)24-17-9-10-17/h8,11-15,17-18,24H,5-7,9-10H2,1-4H3,(H,23,25)/t13-,14-,15-,18-/m1/s1. The topological polar surface area (TPSA) is 111 Å². The zero-order chi connectivity index (χ0) is 22.8. The number of nitrogens with one attached hydrogen (secondary N) is 2. The van der Waals surface area contributed by atoms with E-state index in [0.717, 1.165) is 32.1 Å². The van der Waals surface area contributed by atoms with Crippen LogP contribution < -0.4 is 14.8 Å². The van der Waals surface area contributed by atoms with Gasteiger partial charge < -0.3 is 14.8 Å². The van der Waals surface area contributed by atoms with E-state index in [4.69, 9.17) is 9.47 Å².